The summed E-state index contributed by atoms with van der Waals surface area (Å²) in [7, 11) is 1.22. The lowest BCUT2D eigenvalue weighted by molar-refractivity contribution is 0.0600. The second-order valence-corrected chi connectivity index (χ2v) is 2.98. The maximum Gasteiger partial charge on any atom is 0.337 e. The Labute approximate surface area is 98.0 Å². The molecule has 1 atom stereocenters. The van der Waals surface area contributed by atoms with Gasteiger partial charge < -0.3 is 10.5 Å². The Morgan fingerprint density at radius 3 is 2.56 bits per heavy atom. The number of carbonyl (C=O) groups excluding carboxylic acids is 1. The van der Waals surface area contributed by atoms with Crippen molar-refractivity contribution in [1.29, 1.82) is 0 Å². The Morgan fingerprint density at radius 1 is 1.44 bits per heavy atom. The molecule has 0 radical (unpaired) electrons. The number of hydrogen-bond acceptors (Lipinski definition) is 3. The first-order valence-electron chi connectivity index (χ1n) is 4.28. The molecule has 0 spiro atoms. The summed E-state index contributed by atoms with van der Waals surface area (Å²) in [6.45, 7) is 0. The number of rotatable bonds is 3. The summed E-state index contributed by atoms with van der Waals surface area (Å²) in [6.07, 6.45) is -2.65. The number of methoxy groups -OCH3 is 1. The minimum atomic E-state index is -2.65. The van der Waals surface area contributed by atoms with Gasteiger partial charge in [0.15, 0.2) is 0 Å². The van der Waals surface area contributed by atoms with Gasteiger partial charge in [0.1, 0.15) is 0 Å². The van der Waals surface area contributed by atoms with Gasteiger partial charge in [0.2, 0.25) is 0 Å². The van der Waals surface area contributed by atoms with E-state index in [0.717, 1.165) is 0 Å². The van der Waals surface area contributed by atoms with Gasteiger partial charge in [-0.3, -0.25) is 0 Å². The van der Waals surface area contributed by atoms with Crippen LogP contribution in [0.25, 0.3) is 0 Å². The van der Waals surface area contributed by atoms with Crippen LogP contribution in [0.2, 0.25) is 0 Å². The highest BCUT2D eigenvalue weighted by Gasteiger charge is 2.18. The van der Waals surface area contributed by atoms with Gasteiger partial charge in [-0.1, -0.05) is 12.1 Å². The summed E-state index contributed by atoms with van der Waals surface area (Å²) in [5.41, 5.74) is 5.68. The number of halogens is 3. The predicted octanol–water partition coefficient (Wildman–Crippen LogP) is 2.16. The summed E-state index contributed by atoms with van der Waals surface area (Å²) in [4.78, 5) is 11.1. The number of nitrogens with two attached hydrogens (primary N) is 1. The maximum atomic E-state index is 12.3. The van der Waals surface area contributed by atoms with Crippen LogP contribution in [0, 0.1) is 0 Å². The van der Waals surface area contributed by atoms with Crippen LogP contribution < -0.4 is 5.73 Å². The lowest BCUT2D eigenvalue weighted by atomic mass is 10.1. The summed E-state index contributed by atoms with van der Waals surface area (Å²) in [5.74, 6) is -0.571. The molecular weight excluding hydrogens is 240 g/mol. The zero-order valence-corrected chi connectivity index (χ0v) is 9.34. The van der Waals surface area contributed by atoms with Crippen molar-refractivity contribution in [1.82, 2.24) is 0 Å². The van der Waals surface area contributed by atoms with Crippen LogP contribution in [0.1, 0.15) is 22.0 Å². The largest absolute Gasteiger partial charge is 0.465 e. The molecule has 1 rings (SSSR count). The maximum absolute atomic E-state index is 12.3. The van der Waals surface area contributed by atoms with Gasteiger partial charge in [0.05, 0.1) is 18.7 Å². The normalized spacial score (nSPS) is 11.8. The summed E-state index contributed by atoms with van der Waals surface area (Å²) in [6, 6.07) is 4.35. The van der Waals surface area contributed by atoms with Crippen LogP contribution in [0.15, 0.2) is 24.3 Å². The summed E-state index contributed by atoms with van der Waals surface area (Å²) in [5, 5.41) is 0. The SMILES string of the molecule is COC(=O)c1cccc([C@@H](N)C(F)F)c1.Cl. The Bertz CT molecular complexity index is 360. The van der Waals surface area contributed by atoms with Crippen molar-refractivity contribution < 1.29 is 18.3 Å². The van der Waals surface area contributed by atoms with E-state index in [0.29, 0.717) is 0 Å². The van der Waals surface area contributed by atoms with E-state index in [4.69, 9.17) is 5.73 Å². The van der Waals surface area contributed by atoms with Crippen LogP contribution in [0.3, 0.4) is 0 Å². The first kappa shape index (κ1) is 14.8. The van der Waals surface area contributed by atoms with Crippen molar-refractivity contribution in [3.63, 3.8) is 0 Å². The number of esters is 1. The highest BCUT2D eigenvalue weighted by atomic mass is 35.5. The lowest BCUT2D eigenvalue weighted by Gasteiger charge is -2.11. The molecule has 0 aliphatic carbocycles. The molecule has 16 heavy (non-hydrogen) atoms. The van der Waals surface area contributed by atoms with E-state index in [2.05, 4.69) is 4.74 Å². The third-order valence-corrected chi connectivity index (χ3v) is 1.96. The highest BCUT2D eigenvalue weighted by molar-refractivity contribution is 5.89. The topological polar surface area (TPSA) is 52.3 Å². The fourth-order valence-electron chi connectivity index (χ4n) is 1.14. The van der Waals surface area contributed by atoms with E-state index in [1.807, 2.05) is 0 Å². The Kier molecular flexibility index (Phi) is 5.92. The first-order chi connectivity index (χ1) is 7.06. The van der Waals surface area contributed by atoms with Crippen molar-refractivity contribution in [3.05, 3.63) is 35.4 Å². The van der Waals surface area contributed by atoms with Crippen molar-refractivity contribution in [3.8, 4) is 0 Å². The number of hydrogen-bond donors (Lipinski definition) is 1. The van der Waals surface area contributed by atoms with Crippen LogP contribution in [0.5, 0.6) is 0 Å². The van der Waals surface area contributed by atoms with E-state index < -0.39 is 18.4 Å². The van der Waals surface area contributed by atoms with E-state index in [1.54, 1.807) is 0 Å². The highest BCUT2D eigenvalue weighted by Crippen LogP contribution is 2.19. The van der Waals surface area contributed by atoms with Crippen LogP contribution in [-0.2, 0) is 4.74 Å². The quantitative estimate of drug-likeness (QED) is 0.838. The molecule has 0 bridgehead atoms. The van der Waals surface area contributed by atoms with Gasteiger partial charge in [0, 0.05) is 0 Å². The number of alkyl halides is 2. The second-order valence-electron chi connectivity index (χ2n) is 2.98. The van der Waals surface area contributed by atoms with Crippen LogP contribution in [0.4, 0.5) is 8.78 Å². The Hall–Kier alpha value is -1.20. The van der Waals surface area contributed by atoms with E-state index >= 15 is 0 Å². The molecule has 6 heteroatoms. The van der Waals surface area contributed by atoms with Crippen LogP contribution >= 0.6 is 12.4 Å². The average molecular weight is 252 g/mol. The molecule has 0 aromatic heterocycles. The smallest absolute Gasteiger partial charge is 0.337 e. The fraction of sp³-hybridized carbons (Fsp3) is 0.300. The monoisotopic (exact) mass is 251 g/mol. The van der Waals surface area contributed by atoms with E-state index in [1.165, 1.54) is 31.4 Å². The minimum Gasteiger partial charge on any atom is -0.465 e. The zero-order chi connectivity index (χ0) is 11.4. The Morgan fingerprint density at radius 2 is 2.06 bits per heavy atom. The van der Waals surface area contributed by atoms with Gasteiger partial charge in [-0.05, 0) is 17.7 Å². The molecule has 0 aliphatic heterocycles. The predicted molar refractivity (Wildman–Crippen MR) is 58.0 cm³/mol. The molecule has 1 aromatic rings. The first-order valence-corrected chi connectivity index (χ1v) is 4.28. The average Bonchev–Trinajstić information content (AvgIpc) is 2.27. The van der Waals surface area contributed by atoms with Gasteiger partial charge in [-0.2, -0.15) is 0 Å². The summed E-state index contributed by atoms with van der Waals surface area (Å²) < 4.78 is 29.0. The van der Waals surface area contributed by atoms with Crippen molar-refractivity contribution >= 4 is 18.4 Å². The molecule has 0 heterocycles. The molecule has 0 unspecified atom stereocenters. The van der Waals surface area contributed by atoms with Crippen molar-refractivity contribution in [2.75, 3.05) is 7.11 Å². The zero-order valence-electron chi connectivity index (χ0n) is 8.52. The third-order valence-electron chi connectivity index (χ3n) is 1.96. The van der Waals surface area contributed by atoms with Gasteiger partial charge >= 0.3 is 5.97 Å². The molecule has 0 saturated heterocycles. The molecule has 3 nitrogen and oxygen atoms in total. The molecule has 90 valence electrons. The molecule has 1 aromatic carbocycles. The Balaban J connectivity index is 0.00000225. The second kappa shape index (κ2) is 6.40. The van der Waals surface area contributed by atoms with Crippen molar-refractivity contribution in [2.24, 2.45) is 5.73 Å². The van der Waals surface area contributed by atoms with Gasteiger partial charge in [-0.15, -0.1) is 12.4 Å². The number of benzene rings is 1. The standard InChI is InChI=1S/C10H11F2NO2.ClH/c1-15-10(14)7-4-2-3-6(5-7)8(13)9(11)12;/h2-5,8-9H,13H2,1H3;1H/t8-;/m1./s1. The third kappa shape index (κ3) is 3.43. The number of ether oxygens (including phenoxy) is 1. The fourth-order valence-corrected chi connectivity index (χ4v) is 1.14. The van der Waals surface area contributed by atoms with Crippen molar-refractivity contribution in [2.45, 2.75) is 12.5 Å². The van der Waals surface area contributed by atoms with Gasteiger partial charge in [-0.25, -0.2) is 13.6 Å². The minimum absolute atomic E-state index is 0. The molecule has 2 N–H and O–H groups in total. The molecule has 0 aliphatic rings. The van der Waals surface area contributed by atoms with Gasteiger partial charge in [0.25, 0.3) is 6.43 Å². The van der Waals surface area contributed by atoms with Crippen LogP contribution in [-0.4, -0.2) is 19.5 Å². The molecular formula is C10H12ClF2NO2. The molecule has 0 saturated carbocycles. The molecule has 0 fully saturated rings. The summed E-state index contributed by atoms with van der Waals surface area (Å²) >= 11 is 0. The molecule has 0 amide bonds. The lowest BCUT2D eigenvalue weighted by Crippen LogP contribution is -2.19. The van der Waals surface area contributed by atoms with E-state index in [-0.39, 0.29) is 23.5 Å². The number of carbonyl (C=O) groups is 1. The van der Waals surface area contributed by atoms with E-state index in [9.17, 15) is 13.6 Å².